The highest BCUT2D eigenvalue weighted by atomic mass is 35.5. The number of nitrogens with zero attached hydrogens (tertiary/aromatic N) is 2. The minimum Gasteiger partial charge on any atom is -0.503 e. The quantitative estimate of drug-likeness (QED) is 0.227. The fraction of sp³-hybridized carbons (Fsp3) is 0.226. The van der Waals surface area contributed by atoms with Crippen LogP contribution in [0.5, 0.6) is 11.5 Å². The normalized spacial score (nSPS) is 15.2. The second-order valence-electron chi connectivity index (χ2n) is 9.27. The number of benzene rings is 3. The van der Waals surface area contributed by atoms with Gasteiger partial charge in [0.25, 0.3) is 5.91 Å². The summed E-state index contributed by atoms with van der Waals surface area (Å²) < 4.78 is 16.7. The monoisotopic (exact) mass is 560 g/mol. The average Bonchev–Trinajstić information content (AvgIpc) is 3.52. The first-order chi connectivity index (χ1) is 19.3. The summed E-state index contributed by atoms with van der Waals surface area (Å²) in [5.41, 5.74) is 2.35. The number of methoxy groups -OCH3 is 2. The number of hydrogen-bond acceptors (Lipinski definition) is 7. The lowest BCUT2D eigenvalue weighted by Crippen LogP contribution is -2.31. The number of carbonyl (C=O) groups is 2. The topological polar surface area (TPSA) is 92.5 Å². The Morgan fingerprint density at radius 1 is 1.02 bits per heavy atom. The predicted molar refractivity (Wildman–Crippen MR) is 155 cm³/mol. The molecule has 0 radical (unpaired) electrons. The molecule has 1 aliphatic rings. The Labute approximate surface area is 237 Å². The molecule has 1 atom stereocenters. The Kier molecular flexibility index (Phi) is 7.45. The number of ether oxygens (including phenoxy) is 2. The SMILES string of the molecule is CCN(CC)c1ccc(N2C(=O)C(O)=C(C(=O)c3cc4cc(Cl)cc(OC)c4o3)C2c2cccc(OC)c2)cc1. The number of aliphatic hydroxyl groups excluding tert-OH is 1. The zero-order chi connectivity index (χ0) is 28.6. The van der Waals surface area contributed by atoms with Crippen LogP contribution in [0.25, 0.3) is 11.0 Å². The van der Waals surface area contributed by atoms with E-state index in [0.717, 1.165) is 18.8 Å². The number of amides is 1. The van der Waals surface area contributed by atoms with E-state index in [9.17, 15) is 14.7 Å². The highest BCUT2D eigenvalue weighted by Gasteiger charge is 2.45. The number of halogens is 1. The van der Waals surface area contributed by atoms with E-state index in [1.165, 1.54) is 25.2 Å². The standard InChI is InChI=1S/C31H29ClN2O6/c1-5-33(6-2)21-10-12-22(13-11-21)34-27(18-8-7-9-23(15-18)38-3)26(29(36)31(34)37)28(35)24-16-19-14-20(32)17-25(39-4)30(19)40-24/h7-17,27,36H,5-6H2,1-4H3. The van der Waals surface area contributed by atoms with Gasteiger partial charge in [0.15, 0.2) is 22.9 Å². The molecule has 0 saturated heterocycles. The summed E-state index contributed by atoms with van der Waals surface area (Å²) in [6.45, 7) is 5.81. The van der Waals surface area contributed by atoms with Crippen LogP contribution in [0.3, 0.4) is 0 Å². The van der Waals surface area contributed by atoms with Gasteiger partial charge in [-0.15, -0.1) is 0 Å². The fourth-order valence-electron chi connectivity index (χ4n) is 5.13. The van der Waals surface area contributed by atoms with Gasteiger partial charge in [-0.3, -0.25) is 14.5 Å². The molecule has 4 aromatic rings. The van der Waals surface area contributed by atoms with E-state index in [2.05, 4.69) is 18.7 Å². The summed E-state index contributed by atoms with van der Waals surface area (Å²) in [4.78, 5) is 31.2. The molecule has 40 heavy (non-hydrogen) atoms. The molecule has 0 saturated carbocycles. The van der Waals surface area contributed by atoms with E-state index in [1.54, 1.807) is 36.4 Å². The van der Waals surface area contributed by atoms with E-state index < -0.39 is 23.5 Å². The maximum absolute atomic E-state index is 14.0. The minimum absolute atomic E-state index is 0.0588. The maximum Gasteiger partial charge on any atom is 0.294 e. The first-order valence-corrected chi connectivity index (χ1v) is 13.3. The number of anilines is 2. The summed E-state index contributed by atoms with van der Waals surface area (Å²) in [7, 11) is 3.01. The van der Waals surface area contributed by atoms with Gasteiger partial charge in [-0.1, -0.05) is 23.7 Å². The number of ketones is 1. The third-order valence-corrected chi connectivity index (χ3v) is 7.33. The van der Waals surface area contributed by atoms with E-state index in [-0.39, 0.29) is 11.3 Å². The Morgan fingerprint density at radius 3 is 2.40 bits per heavy atom. The van der Waals surface area contributed by atoms with Crippen LogP contribution in [-0.2, 0) is 4.79 Å². The molecule has 1 unspecified atom stereocenters. The van der Waals surface area contributed by atoms with Gasteiger partial charge in [0.2, 0.25) is 5.78 Å². The van der Waals surface area contributed by atoms with Crippen LogP contribution in [0.4, 0.5) is 11.4 Å². The molecule has 0 aliphatic carbocycles. The van der Waals surface area contributed by atoms with Crippen molar-refractivity contribution in [1.82, 2.24) is 0 Å². The van der Waals surface area contributed by atoms with E-state index in [1.807, 2.05) is 24.3 Å². The summed E-state index contributed by atoms with van der Waals surface area (Å²) in [6.07, 6.45) is 0. The Balaban J connectivity index is 1.63. The van der Waals surface area contributed by atoms with Crippen molar-refractivity contribution < 1.29 is 28.6 Å². The third-order valence-electron chi connectivity index (χ3n) is 7.11. The first kappa shape index (κ1) is 27.1. The average molecular weight is 561 g/mol. The Bertz CT molecular complexity index is 1620. The lowest BCUT2D eigenvalue weighted by molar-refractivity contribution is -0.117. The van der Waals surface area contributed by atoms with Gasteiger partial charge in [0, 0.05) is 40.9 Å². The van der Waals surface area contributed by atoms with E-state index in [4.69, 9.17) is 25.5 Å². The number of rotatable bonds is 9. The molecule has 0 bridgehead atoms. The van der Waals surface area contributed by atoms with Crippen molar-refractivity contribution in [3.63, 3.8) is 0 Å². The molecule has 2 heterocycles. The maximum atomic E-state index is 14.0. The Morgan fingerprint density at radius 2 is 1.75 bits per heavy atom. The van der Waals surface area contributed by atoms with Crippen molar-refractivity contribution in [2.24, 2.45) is 0 Å². The van der Waals surface area contributed by atoms with Crippen LogP contribution in [0.1, 0.15) is 36.0 Å². The highest BCUT2D eigenvalue weighted by molar-refractivity contribution is 6.31. The zero-order valence-electron chi connectivity index (χ0n) is 22.6. The van der Waals surface area contributed by atoms with Crippen molar-refractivity contribution >= 4 is 45.6 Å². The summed E-state index contributed by atoms with van der Waals surface area (Å²) in [5.74, 6) is -1.11. The molecule has 1 aromatic heterocycles. The Hall–Kier alpha value is -4.43. The van der Waals surface area contributed by atoms with Crippen molar-refractivity contribution in [2.45, 2.75) is 19.9 Å². The third kappa shape index (κ3) is 4.64. The van der Waals surface area contributed by atoms with Gasteiger partial charge in [0.05, 0.1) is 25.8 Å². The molecule has 0 spiro atoms. The number of Topliss-reactive ketones (excluding diaryl/α,β-unsaturated/α-hetero) is 1. The molecule has 9 heteroatoms. The summed E-state index contributed by atoms with van der Waals surface area (Å²) >= 11 is 6.21. The molecular weight excluding hydrogens is 532 g/mol. The second kappa shape index (κ2) is 11.0. The summed E-state index contributed by atoms with van der Waals surface area (Å²) in [6, 6.07) is 18.4. The van der Waals surface area contributed by atoms with Gasteiger partial charge in [-0.05, 0) is 67.9 Å². The molecule has 5 rings (SSSR count). The molecule has 8 nitrogen and oxygen atoms in total. The first-order valence-electron chi connectivity index (χ1n) is 12.9. The van der Waals surface area contributed by atoms with Crippen LogP contribution in [0.15, 0.2) is 82.5 Å². The smallest absolute Gasteiger partial charge is 0.294 e. The van der Waals surface area contributed by atoms with Crippen molar-refractivity contribution in [1.29, 1.82) is 0 Å². The van der Waals surface area contributed by atoms with Gasteiger partial charge in [-0.2, -0.15) is 0 Å². The molecule has 206 valence electrons. The largest absolute Gasteiger partial charge is 0.503 e. The van der Waals surface area contributed by atoms with Crippen molar-refractivity contribution in [3.05, 3.63) is 94.4 Å². The lowest BCUT2D eigenvalue weighted by Gasteiger charge is -2.28. The zero-order valence-corrected chi connectivity index (χ0v) is 23.4. The molecular formula is C31H29ClN2O6. The van der Waals surface area contributed by atoms with Crippen LogP contribution < -0.4 is 19.3 Å². The van der Waals surface area contributed by atoms with Crippen LogP contribution in [0.2, 0.25) is 5.02 Å². The fourth-order valence-corrected chi connectivity index (χ4v) is 5.34. The van der Waals surface area contributed by atoms with Gasteiger partial charge < -0.3 is 23.9 Å². The molecule has 3 aromatic carbocycles. The van der Waals surface area contributed by atoms with E-state index in [0.29, 0.717) is 38.7 Å². The number of hydrogen-bond donors (Lipinski definition) is 1. The molecule has 0 fully saturated rings. The van der Waals surface area contributed by atoms with Crippen molar-refractivity contribution in [2.75, 3.05) is 37.1 Å². The minimum atomic E-state index is -0.937. The molecule has 1 amide bonds. The number of aliphatic hydroxyl groups is 1. The molecule has 1 N–H and O–H groups in total. The van der Waals surface area contributed by atoms with Gasteiger partial charge in [-0.25, -0.2) is 0 Å². The number of fused-ring (bicyclic) bond motifs is 1. The second-order valence-corrected chi connectivity index (χ2v) is 9.71. The number of furan rings is 1. The number of carbonyl (C=O) groups excluding carboxylic acids is 2. The van der Waals surface area contributed by atoms with Crippen molar-refractivity contribution in [3.8, 4) is 11.5 Å². The van der Waals surface area contributed by atoms with E-state index >= 15 is 0 Å². The summed E-state index contributed by atoms with van der Waals surface area (Å²) in [5, 5.41) is 12.1. The van der Waals surface area contributed by atoms with Gasteiger partial charge >= 0.3 is 0 Å². The van der Waals surface area contributed by atoms with Crippen LogP contribution in [0, 0.1) is 0 Å². The highest BCUT2D eigenvalue weighted by Crippen LogP contribution is 2.44. The van der Waals surface area contributed by atoms with Crippen LogP contribution >= 0.6 is 11.6 Å². The van der Waals surface area contributed by atoms with Crippen LogP contribution in [-0.4, -0.2) is 44.1 Å². The van der Waals surface area contributed by atoms with Gasteiger partial charge in [0.1, 0.15) is 5.75 Å². The molecule has 1 aliphatic heterocycles. The lowest BCUT2D eigenvalue weighted by atomic mass is 9.94. The predicted octanol–water partition coefficient (Wildman–Crippen LogP) is 6.73.